The molecule has 0 aliphatic rings. The van der Waals surface area contributed by atoms with Gasteiger partial charge in [0.15, 0.2) is 0 Å². The number of carboxylic acids is 1. The number of rotatable bonds is 4. The van der Waals surface area contributed by atoms with Crippen LogP contribution in [0.2, 0.25) is 0 Å². The summed E-state index contributed by atoms with van der Waals surface area (Å²) < 4.78 is 0. The van der Waals surface area contributed by atoms with Crippen LogP contribution < -0.4 is 5.32 Å². The summed E-state index contributed by atoms with van der Waals surface area (Å²) >= 11 is 0. The molecule has 0 fully saturated rings. The summed E-state index contributed by atoms with van der Waals surface area (Å²) in [5.74, 6) is -1.13. The van der Waals surface area contributed by atoms with Crippen molar-refractivity contribution in [2.75, 3.05) is 12.4 Å². The van der Waals surface area contributed by atoms with E-state index in [0.29, 0.717) is 5.69 Å². The lowest BCUT2D eigenvalue weighted by atomic mass is 10.2. The van der Waals surface area contributed by atoms with Crippen LogP contribution in [0, 0.1) is 11.3 Å². The summed E-state index contributed by atoms with van der Waals surface area (Å²) in [5, 5.41) is 19.8. The van der Waals surface area contributed by atoms with Crippen molar-refractivity contribution in [3.05, 3.63) is 24.0 Å². The number of hydrogen-bond acceptors (Lipinski definition) is 4. The second kappa shape index (κ2) is 6.35. The van der Waals surface area contributed by atoms with Gasteiger partial charge in [-0.05, 0) is 19.1 Å². The standard InChI is InChI=1S/C12H14N4O3/c1-8(5-6-13)16(2)12(19)15-9-3-4-10(11(17)18)14-7-9/h3-4,7-8H,5H2,1-2H3,(H,15,19)(H,17,18). The van der Waals surface area contributed by atoms with Gasteiger partial charge in [-0.25, -0.2) is 14.6 Å². The molecule has 7 heteroatoms. The number of urea groups is 1. The molecule has 0 saturated carbocycles. The van der Waals surface area contributed by atoms with E-state index < -0.39 is 5.97 Å². The van der Waals surface area contributed by atoms with Gasteiger partial charge in [0.05, 0.1) is 24.4 Å². The molecule has 1 unspecified atom stereocenters. The summed E-state index contributed by atoms with van der Waals surface area (Å²) in [5.41, 5.74) is 0.301. The summed E-state index contributed by atoms with van der Waals surface area (Å²) in [7, 11) is 1.58. The third-order valence-corrected chi connectivity index (χ3v) is 2.60. The van der Waals surface area contributed by atoms with E-state index in [9.17, 15) is 9.59 Å². The number of aromatic nitrogens is 1. The van der Waals surface area contributed by atoms with E-state index in [4.69, 9.17) is 10.4 Å². The van der Waals surface area contributed by atoms with Gasteiger partial charge in [0.2, 0.25) is 0 Å². The molecule has 0 aromatic carbocycles. The Balaban J connectivity index is 2.67. The first-order valence-corrected chi connectivity index (χ1v) is 5.55. The number of nitrogens with zero attached hydrogens (tertiary/aromatic N) is 3. The van der Waals surface area contributed by atoms with Gasteiger partial charge in [0, 0.05) is 13.1 Å². The lowest BCUT2D eigenvalue weighted by Crippen LogP contribution is -2.38. The highest BCUT2D eigenvalue weighted by Gasteiger charge is 2.15. The number of carbonyl (C=O) groups is 2. The third kappa shape index (κ3) is 3.96. The normalized spacial score (nSPS) is 11.2. The van der Waals surface area contributed by atoms with E-state index in [1.165, 1.54) is 23.2 Å². The molecular formula is C12H14N4O3. The molecule has 1 heterocycles. The number of carbonyl (C=O) groups excluding carboxylic acids is 1. The van der Waals surface area contributed by atoms with Gasteiger partial charge < -0.3 is 15.3 Å². The van der Waals surface area contributed by atoms with Crippen molar-refractivity contribution >= 4 is 17.7 Å². The Bertz CT molecular complexity index is 507. The maximum atomic E-state index is 11.8. The molecule has 1 atom stereocenters. The number of amides is 2. The smallest absolute Gasteiger partial charge is 0.354 e. The predicted molar refractivity (Wildman–Crippen MR) is 67.7 cm³/mol. The Hall–Kier alpha value is -2.62. The molecule has 0 aliphatic heterocycles. The fourth-order valence-corrected chi connectivity index (χ4v) is 1.28. The molecule has 0 saturated heterocycles. The molecule has 0 radical (unpaired) electrons. The van der Waals surface area contributed by atoms with Crippen LogP contribution in [-0.4, -0.2) is 40.1 Å². The number of hydrogen-bond donors (Lipinski definition) is 2. The fraction of sp³-hybridized carbons (Fsp3) is 0.333. The number of pyridine rings is 1. The maximum absolute atomic E-state index is 11.8. The molecule has 0 bridgehead atoms. The quantitative estimate of drug-likeness (QED) is 0.856. The highest BCUT2D eigenvalue weighted by atomic mass is 16.4. The molecule has 1 aromatic rings. The molecule has 0 aliphatic carbocycles. The van der Waals surface area contributed by atoms with E-state index >= 15 is 0 Å². The molecule has 2 amide bonds. The Morgan fingerprint density at radius 2 is 2.26 bits per heavy atom. The van der Waals surface area contributed by atoms with Crippen LogP contribution in [0.5, 0.6) is 0 Å². The monoisotopic (exact) mass is 262 g/mol. The average molecular weight is 262 g/mol. The van der Waals surface area contributed by atoms with Crippen molar-refractivity contribution < 1.29 is 14.7 Å². The summed E-state index contributed by atoms with van der Waals surface area (Å²) in [6, 6.07) is 4.15. The molecule has 1 aromatic heterocycles. The van der Waals surface area contributed by atoms with Crippen molar-refractivity contribution in [1.82, 2.24) is 9.88 Å². The molecule has 2 N–H and O–H groups in total. The van der Waals surface area contributed by atoms with Crippen molar-refractivity contribution in [2.24, 2.45) is 0 Å². The Morgan fingerprint density at radius 3 is 2.74 bits per heavy atom. The van der Waals surface area contributed by atoms with E-state index in [-0.39, 0.29) is 24.2 Å². The van der Waals surface area contributed by atoms with E-state index in [2.05, 4.69) is 10.3 Å². The number of nitriles is 1. The third-order valence-electron chi connectivity index (χ3n) is 2.60. The summed E-state index contributed by atoms with van der Waals surface area (Å²) in [6.45, 7) is 1.76. The molecule has 19 heavy (non-hydrogen) atoms. The predicted octanol–water partition coefficient (Wildman–Crippen LogP) is 1.55. The summed E-state index contributed by atoms with van der Waals surface area (Å²) in [6.07, 6.45) is 1.50. The van der Waals surface area contributed by atoms with Crippen LogP contribution in [0.1, 0.15) is 23.8 Å². The zero-order chi connectivity index (χ0) is 14.4. The highest BCUT2D eigenvalue weighted by molar-refractivity contribution is 5.90. The van der Waals surface area contributed by atoms with Crippen molar-refractivity contribution in [2.45, 2.75) is 19.4 Å². The van der Waals surface area contributed by atoms with Crippen molar-refractivity contribution in [3.8, 4) is 6.07 Å². The van der Waals surface area contributed by atoms with Gasteiger partial charge in [-0.1, -0.05) is 0 Å². The molecule has 7 nitrogen and oxygen atoms in total. The fourth-order valence-electron chi connectivity index (χ4n) is 1.28. The van der Waals surface area contributed by atoms with E-state index in [0.717, 1.165) is 0 Å². The van der Waals surface area contributed by atoms with Gasteiger partial charge in [-0.2, -0.15) is 5.26 Å². The Kier molecular flexibility index (Phi) is 4.83. The highest BCUT2D eigenvalue weighted by Crippen LogP contribution is 2.09. The van der Waals surface area contributed by atoms with Crippen LogP contribution in [0.3, 0.4) is 0 Å². The van der Waals surface area contributed by atoms with Crippen LogP contribution in [0.15, 0.2) is 18.3 Å². The first-order chi connectivity index (χ1) is 8.95. The molecular weight excluding hydrogens is 248 g/mol. The summed E-state index contributed by atoms with van der Waals surface area (Å²) in [4.78, 5) is 27.5. The van der Waals surface area contributed by atoms with Gasteiger partial charge in [0.1, 0.15) is 5.69 Å². The number of nitrogens with one attached hydrogen (secondary N) is 1. The second-order valence-corrected chi connectivity index (χ2v) is 3.99. The number of aromatic carboxylic acids is 1. The van der Waals surface area contributed by atoms with Crippen LogP contribution in [0.4, 0.5) is 10.5 Å². The second-order valence-electron chi connectivity index (χ2n) is 3.99. The zero-order valence-electron chi connectivity index (χ0n) is 10.6. The van der Waals surface area contributed by atoms with Gasteiger partial charge in [0.25, 0.3) is 0 Å². The SMILES string of the molecule is CC(CC#N)N(C)C(=O)Nc1ccc(C(=O)O)nc1. The first-order valence-electron chi connectivity index (χ1n) is 5.55. The average Bonchev–Trinajstić information content (AvgIpc) is 2.38. The number of anilines is 1. The lowest BCUT2D eigenvalue weighted by molar-refractivity contribution is 0.0690. The first kappa shape index (κ1) is 14.4. The molecule has 0 spiro atoms. The van der Waals surface area contributed by atoms with Crippen molar-refractivity contribution in [3.63, 3.8) is 0 Å². The maximum Gasteiger partial charge on any atom is 0.354 e. The largest absolute Gasteiger partial charge is 0.477 e. The molecule has 100 valence electrons. The zero-order valence-corrected chi connectivity index (χ0v) is 10.6. The van der Waals surface area contributed by atoms with Gasteiger partial charge >= 0.3 is 12.0 Å². The van der Waals surface area contributed by atoms with E-state index in [1.54, 1.807) is 14.0 Å². The minimum absolute atomic E-state index is 0.0933. The van der Waals surface area contributed by atoms with Crippen LogP contribution >= 0.6 is 0 Å². The van der Waals surface area contributed by atoms with Gasteiger partial charge in [-0.15, -0.1) is 0 Å². The topological polar surface area (TPSA) is 106 Å². The lowest BCUT2D eigenvalue weighted by Gasteiger charge is -2.23. The molecule has 1 rings (SSSR count). The minimum Gasteiger partial charge on any atom is -0.477 e. The number of carboxylic acid groups (broad SMARTS) is 1. The Labute approximate surface area is 110 Å². The Morgan fingerprint density at radius 1 is 1.58 bits per heavy atom. The van der Waals surface area contributed by atoms with Crippen LogP contribution in [-0.2, 0) is 0 Å². The van der Waals surface area contributed by atoms with Crippen molar-refractivity contribution in [1.29, 1.82) is 5.26 Å². The minimum atomic E-state index is -1.13. The van der Waals surface area contributed by atoms with Gasteiger partial charge in [-0.3, -0.25) is 0 Å². The van der Waals surface area contributed by atoms with Crippen LogP contribution in [0.25, 0.3) is 0 Å². The van der Waals surface area contributed by atoms with E-state index in [1.807, 2.05) is 6.07 Å².